The number of hydrogen-bond donors (Lipinski definition) is 2. The molecule has 0 unspecified atom stereocenters. The summed E-state index contributed by atoms with van der Waals surface area (Å²) in [5.41, 5.74) is 6.23. The molecule has 0 amide bonds. The van der Waals surface area contributed by atoms with E-state index in [4.69, 9.17) is 22.6 Å². The first-order valence-electron chi connectivity index (χ1n) is 3.42. The van der Waals surface area contributed by atoms with Crippen LogP contribution in [0.2, 0.25) is 5.15 Å². The second-order valence-corrected chi connectivity index (χ2v) is 2.79. The molecular weight excluding hydrogens is 190 g/mol. The maximum atomic E-state index is 8.60. The summed E-state index contributed by atoms with van der Waals surface area (Å²) < 4.78 is 0. The molecule has 2 heterocycles. The van der Waals surface area contributed by atoms with Crippen LogP contribution in [-0.4, -0.2) is 15.0 Å². The Bertz CT molecular complexity index is 509. The van der Waals surface area contributed by atoms with Crippen LogP contribution in [0.4, 0.5) is 5.95 Å². The summed E-state index contributed by atoms with van der Waals surface area (Å²) in [6.07, 6.45) is 0. The first-order chi connectivity index (χ1) is 6.20. The number of hydrogen-bond acceptors (Lipinski definition) is 4. The van der Waals surface area contributed by atoms with Crippen LogP contribution in [0.5, 0.6) is 0 Å². The number of nitrogens with one attached hydrogen (secondary N) is 1. The number of nitrogen functional groups attached to an aromatic ring is 1. The number of aromatic nitrogens is 3. The van der Waals surface area contributed by atoms with Crippen molar-refractivity contribution in [3.8, 4) is 6.07 Å². The number of rotatable bonds is 0. The molecule has 5 nitrogen and oxygen atoms in total. The summed E-state index contributed by atoms with van der Waals surface area (Å²) in [5, 5.41) is 9.45. The van der Waals surface area contributed by atoms with Gasteiger partial charge in [-0.25, -0.2) is 4.98 Å². The monoisotopic (exact) mass is 193 g/mol. The van der Waals surface area contributed by atoms with E-state index in [-0.39, 0.29) is 11.1 Å². The Morgan fingerprint density at radius 2 is 2.31 bits per heavy atom. The van der Waals surface area contributed by atoms with Crippen LogP contribution in [-0.2, 0) is 0 Å². The topological polar surface area (TPSA) is 91.4 Å². The lowest BCUT2D eigenvalue weighted by Gasteiger charge is -1.93. The van der Waals surface area contributed by atoms with Crippen molar-refractivity contribution >= 4 is 28.6 Å². The van der Waals surface area contributed by atoms with Gasteiger partial charge < -0.3 is 10.7 Å². The van der Waals surface area contributed by atoms with Gasteiger partial charge in [-0.2, -0.15) is 10.2 Å². The molecule has 0 aliphatic carbocycles. The van der Waals surface area contributed by atoms with Crippen LogP contribution in [0.1, 0.15) is 5.69 Å². The summed E-state index contributed by atoms with van der Waals surface area (Å²) in [6, 6.07) is 3.52. The zero-order valence-corrected chi connectivity index (χ0v) is 7.13. The molecule has 0 aliphatic rings. The van der Waals surface area contributed by atoms with E-state index in [1.54, 1.807) is 6.07 Å². The molecule has 0 aromatic carbocycles. The molecule has 2 aromatic heterocycles. The summed E-state index contributed by atoms with van der Waals surface area (Å²) in [6.45, 7) is 0. The highest BCUT2D eigenvalue weighted by atomic mass is 35.5. The fourth-order valence-corrected chi connectivity index (χ4v) is 1.28. The van der Waals surface area contributed by atoms with E-state index in [9.17, 15) is 0 Å². The zero-order valence-electron chi connectivity index (χ0n) is 6.37. The minimum absolute atomic E-state index is 0.0869. The van der Waals surface area contributed by atoms with Gasteiger partial charge in [-0.05, 0) is 6.07 Å². The molecule has 2 rings (SSSR count). The molecule has 0 aliphatic heterocycles. The van der Waals surface area contributed by atoms with Crippen molar-refractivity contribution in [2.75, 3.05) is 5.73 Å². The fraction of sp³-hybridized carbons (Fsp3) is 0. The third-order valence-electron chi connectivity index (χ3n) is 1.58. The summed E-state index contributed by atoms with van der Waals surface area (Å²) >= 11 is 5.77. The molecule has 0 saturated heterocycles. The molecule has 0 saturated carbocycles. The molecule has 0 fully saturated rings. The third-order valence-corrected chi connectivity index (χ3v) is 1.87. The van der Waals surface area contributed by atoms with Gasteiger partial charge in [0.25, 0.3) is 0 Å². The first kappa shape index (κ1) is 7.83. The Morgan fingerprint density at radius 3 is 3.00 bits per heavy atom. The van der Waals surface area contributed by atoms with Crippen molar-refractivity contribution in [2.45, 2.75) is 0 Å². The number of fused-ring (bicyclic) bond motifs is 1. The van der Waals surface area contributed by atoms with Crippen LogP contribution in [0.25, 0.3) is 11.0 Å². The second kappa shape index (κ2) is 2.61. The van der Waals surface area contributed by atoms with Crippen molar-refractivity contribution in [1.29, 1.82) is 5.26 Å². The van der Waals surface area contributed by atoms with Gasteiger partial charge in [0.05, 0.1) is 5.39 Å². The van der Waals surface area contributed by atoms with Crippen molar-refractivity contribution in [1.82, 2.24) is 15.0 Å². The van der Waals surface area contributed by atoms with E-state index in [1.165, 1.54) is 0 Å². The SMILES string of the molecule is N#Cc1cc2c(Cl)nc(N)nc2[nH]1. The third kappa shape index (κ3) is 1.17. The number of nitrogens with zero attached hydrogens (tertiary/aromatic N) is 3. The van der Waals surface area contributed by atoms with Crippen LogP contribution < -0.4 is 5.73 Å². The minimum Gasteiger partial charge on any atom is -0.368 e. The van der Waals surface area contributed by atoms with E-state index < -0.39 is 0 Å². The van der Waals surface area contributed by atoms with Gasteiger partial charge in [-0.15, -0.1) is 0 Å². The molecule has 3 N–H and O–H groups in total. The average Bonchev–Trinajstić information content (AvgIpc) is 2.47. The predicted octanol–water partition coefficient (Wildman–Crippen LogP) is 1.07. The van der Waals surface area contributed by atoms with E-state index in [2.05, 4.69) is 15.0 Å². The van der Waals surface area contributed by atoms with E-state index in [0.29, 0.717) is 16.7 Å². The van der Waals surface area contributed by atoms with Crippen molar-refractivity contribution < 1.29 is 0 Å². The maximum absolute atomic E-state index is 8.60. The van der Waals surface area contributed by atoms with Crippen molar-refractivity contribution in [3.05, 3.63) is 16.9 Å². The molecule has 64 valence electrons. The minimum atomic E-state index is 0.0869. The summed E-state index contributed by atoms with van der Waals surface area (Å²) in [4.78, 5) is 10.4. The van der Waals surface area contributed by atoms with Crippen LogP contribution in [0.15, 0.2) is 6.07 Å². The Hall–Kier alpha value is -1.80. The van der Waals surface area contributed by atoms with E-state index in [0.717, 1.165) is 0 Å². The second-order valence-electron chi connectivity index (χ2n) is 2.43. The molecule has 0 spiro atoms. The Morgan fingerprint density at radius 1 is 1.54 bits per heavy atom. The van der Waals surface area contributed by atoms with Crippen LogP contribution >= 0.6 is 11.6 Å². The molecular formula is C7H4ClN5. The van der Waals surface area contributed by atoms with Gasteiger partial charge in [0.2, 0.25) is 5.95 Å². The zero-order chi connectivity index (χ0) is 9.42. The lowest BCUT2D eigenvalue weighted by Crippen LogP contribution is -1.94. The van der Waals surface area contributed by atoms with Crippen LogP contribution in [0.3, 0.4) is 0 Å². The standard InChI is InChI=1S/C7H4ClN5/c8-5-4-1-3(2-9)11-6(4)13-7(10)12-5/h1H,(H3,10,11,12,13). The van der Waals surface area contributed by atoms with E-state index >= 15 is 0 Å². The van der Waals surface area contributed by atoms with Crippen molar-refractivity contribution in [3.63, 3.8) is 0 Å². The Labute approximate surface area is 78.2 Å². The molecule has 0 radical (unpaired) electrons. The lowest BCUT2D eigenvalue weighted by molar-refractivity contribution is 1.21. The molecule has 6 heteroatoms. The normalized spacial score (nSPS) is 10.2. The first-order valence-corrected chi connectivity index (χ1v) is 3.80. The highest BCUT2D eigenvalue weighted by Gasteiger charge is 2.07. The highest BCUT2D eigenvalue weighted by Crippen LogP contribution is 2.21. The molecule has 13 heavy (non-hydrogen) atoms. The van der Waals surface area contributed by atoms with E-state index in [1.807, 2.05) is 6.07 Å². The number of nitrogens with two attached hydrogens (primary N) is 1. The van der Waals surface area contributed by atoms with Gasteiger partial charge in [0.15, 0.2) is 0 Å². The van der Waals surface area contributed by atoms with Gasteiger partial charge in [0.1, 0.15) is 22.6 Å². The summed E-state index contributed by atoms with van der Waals surface area (Å²) in [7, 11) is 0. The number of H-pyrrole nitrogens is 1. The molecule has 0 atom stereocenters. The summed E-state index contributed by atoms with van der Waals surface area (Å²) in [5.74, 6) is 0.0869. The van der Waals surface area contributed by atoms with Gasteiger partial charge in [-0.1, -0.05) is 11.6 Å². The average molecular weight is 194 g/mol. The predicted molar refractivity (Wildman–Crippen MR) is 48.0 cm³/mol. The smallest absolute Gasteiger partial charge is 0.223 e. The Balaban J connectivity index is 2.84. The van der Waals surface area contributed by atoms with Crippen molar-refractivity contribution in [2.24, 2.45) is 0 Å². The molecule has 2 aromatic rings. The number of halogens is 1. The molecule has 0 bridgehead atoms. The number of aromatic amines is 1. The lowest BCUT2D eigenvalue weighted by atomic mass is 10.4. The number of nitriles is 1. The van der Waals surface area contributed by atoms with Gasteiger partial charge >= 0.3 is 0 Å². The Kier molecular flexibility index (Phi) is 1.57. The number of anilines is 1. The highest BCUT2D eigenvalue weighted by molar-refractivity contribution is 6.34. The van der Waals surface area contributed by atoms with Crippen LogP contribution in [0, 0.1) is 11.3 Å². The fourth-order valence-electron chi connectivity index (χ4n) is 1.05. The maximum Gasteiger partial charge on any atom is 0.223 e. The van der Waals surface area contributed by atoms with Gasteiger partial charge in [0, 0.05) is 0 Å². The quantitative estimate of drug-likeness (QED) is 0.612. The van der Waals surface area contributed by atoms with Gasteiger partial charge in [-0.3, -0.25) is 0 Å². The largest absolute Gasteiger partial charge is 0.368 e.